The first-order chi connectivity index (χ1) is 10.6. The van der Waals surface area contributed by atoms with Gasteiger partial charge in [-0.25, -0.2) is 0 Å². The zero-order valence-electron chi connectivity index (χ0n) is 13.3. The number of hydrogen-bond donors (Lipinski definition) is 1. The predicted octanol–water partition coefficient (Wildman–Crippen LogP) is 2.46. The summed E-state index contributed by atoms with van der Waals surface area (Å²) < 4.78 is 4.94. The Morgan fingerprint density at radius 3 is 2.68 bits per heavy atom. The van der Waals surface area contributed by atoms with E-state index in [1.54, 1.807) is 7.11 Å². The fourth-order valence-electron chi connectivity index (χ4n) is 2.60. The molecule has 0 unspecified atom stereocenters. The summed E-state index contributed by atoms with van der Waals surface area (Å²) in [5.41, 5.74) is 1.81. The van der Waals surface area contributed by atoms with Gasteiger partial charge in [-0.1, -0.05) is 18.5 Å². The number of ether oxygens (including phenoxy) is 1. The van der Waals surface area contributed by atoms with Crippen molar-refractivity contribution >= 4 is 28.9 Å². The highest BCUT2D eigenvalue weighted by Crippen LogP contribution is 2.30. The third-order valence-electron chi connectivity index (χ3n) is 3.93. The number of anilines is 2. The molecule has 1 saturated heterocycles. The van der Waals surface area contributed by atoms with Crippen LogP contribution < -0.4 is 10.2 Å². The van der Waals surface area contributed by atoms with Gasteiger partial charge in [-0.15, -0.1) is 0 Å². The van der Waals surface area contributed by atoms with Crippen molar-refractivity contribution in [3.63, 3.8) is 0 Å². The summed E-state index contributed by atoms with van der Waals surface area (Å²) in [5, 5.41) is 3.57. The Balaban J connectivity index is 2.09. The van der Waals surface area contributed by atoms with Gasteiger partial charge in [0.1, 0.15) is 0 Å². The number of methoxy groups -OCH3 is 1. The minimum absolute atomic E-state index is 0.0578. The molecule has 0 atom stereocenters. The lowest BCUT2D eigenvalue weighted by atomic mass is 10.2. The molecule has 1 aromatic rings. The Kier molecular flexibility index (Phi) is 6.49. The summed E-state index contributed by atoms with van der Waals surface area (Å²) in [4.78, 5) is 16.7. The zero-order valence-corrected chi connectivity index (χ0v) is 14.0. The molecule has 2 rings (SSSR count). The maximum atomic E-state index is 12.0. The van der Waals surface area contributed by atoms with E-state index in [0.717, 1.165) is 44.1 Å². The van der Waals surface area contributed by atoms with Crippen molar-refractivity contribution in [1.82, 2.24) is 4.90 Å². The van der Waals surface area contributed by atoms with E-state index < -0.39 is 0 Å². The molecule has 0 aromatic heterocycles. The van der Waals surface area contributed by atoms with Crippen LogP contribution in [0.1, 0.15) is 13.3 Å². The monoisotopic (exact) mass is 325 g/mol. The van der Waals surface area contributed by atoms with Crippen molar-refractivity contribution in [3.05, 3.63) is 23.2 Å². The van der Waals surface area contributed by atoms with Gasteiger partial charge in [-0.05, 0) is 24.7 Å². The summed E-state index contributed by atoms with van der Waals surface area (Å²) in [6, 6.07) is 5.66. The molecule has 6 heteroatoms. The molecular weight excluding hydrogens is 302 g/mol. The van der Waals surface area contributed by atoms with Crippen LogP contribution in [-0.4, -0.2) is 57.2 Å². The molecule has 0 bridgehead atoms. The third-order valence-corrected chi connectivity index (χ3v) is 4.16. The smallest absolute Gasteiger partial charge is 0.226 e. The largest absolute Gasteiger partial charge is 0.384 e. The summed E-state index contributed by atoms with van der Waals surface area (Å²) >= 11 is 6.09. The molecular formula is C16H24ClN3O2. The summed E-state index contributed by atoms with van der Waals surface area (Å²) in [6.45, 7) is 7.66. The van der Waals surface area contributed by atoms with Gasteiger partial charge >= 0.3 is 0 Å². The number of piperazine rings is 1. The van der Waals surface area contributed by atoms with Crippen LogP contribution in [-0.2, 0) is 9.53 Å². The highest BCUT2D eigenvalue weighted by atomic mass is 35.5. The lowest BCUT2D eigenvalue weighted by Gasteiger charge is -2.36. The molecule has 1 aromatic carbocycles. The SMILES string of the molecule is CCN1CCN(c2ccc(Cl)cc2NC(=O)CCOC)CC1. The van der Waals surface area contributed by atoms with E-state index in [-0.39, 0.29) is 5.91 Å². The number of amides is 1. The molecule has 22 heavy (non-hydrogen) atoms. The number of hydrogen-bond acceptors (Lipinski definition) is 4. The molecule has 1 heterocycles. The van der Waals surface area contributed by atoms with Crippen LogP contribution in [0.3, 0.4) is 0 Å². The van der Waals surface area contributed by atoms with Gasteiger partial charge in [0.15, 0.2) is 0 Å². The topological polar surface area (TPSA) is 44.8 Å². The molecule has 1 aliphatic rings. The Bertz CT molecular complexity index is 502. The van der Waals surface area contributed by atoms with Gasteiger partial charge < -0.3 is 19.9 Å². The Hall–Kier alpha value is -1.30. The van der Waals surface area contributed by atoms with Gasteiger partial charge in [0.25, 0.3) is 0 Å². The Morgan fingerprint density at radius 2 is 2.05 bits per heavy atom. The van der Waals surface area contributed by atoms with Gasteiger partial charge in [0.05, 0.1) is 24.4 Å². The van der Waals surface area contributed by atoms with Crippen LogP contribution in [0.5, 0.6) is 0 Å². The number of likely N-dealkylation sites (N-methyl/N-ethyl adjacent to an activating group) is 1. The summed E-state index contributed by atoms with van der Waals surface area (Å²) in [6.07, 6.45) is 0.339. The van der Waals surface area contributed by atoms with Crippen molar-refractivity contribution in [2.24, 2.45) is 0 Å². The van der Waals surface area contributed by atoms with E-state index in [2.05, 4.69) is 22.0 Å². The van der Waals surface area contributed by atoms with E-state index in [1.165, 1.54) is 0 Å². The number of nitrogens with one attached hydrogen (secondary N) is 1. The standard InChI is InChI=1S/C16H24ClN3O2/c1-3-19-7-9-20(10-8-19)15-5-4-13(17)12-14(15)18-16(21)6-11-22-2/h4-5,12H,3,6-11H2,1-2H3,(H,18,21). The third kappa shape index (κ3) is 4.60. The highest BCUT2D eigenvalue weighted by molar-refractivity contribution is 6.31. The molecule has 1 aliphatic heterocycles. The number of benzene rings is 1. The van der Waals surface area contributed by atoms with Gasteiger partial charge in [-0.2, -0.15) is 0 Å². The molecule has 0 saturated carbocycles. The second-order valence-electron chi connectivity index (χ2n) is 5.37. The second kappa shape index (κ2) is 8.36. The van der Waals surface area contributed by atoms with Crippen LogP contribution in [0.2, 0.25) is 5.02 Å². The maximum absolute atomic E-state index is 12.0. The number of rotatable bonds is 6. The fraction of sp³-hybridized carbons (Fsp3) is 0.562. The van der Waals surface area contributed by atoms with Crippen LogP contribution in [0, 0.1) is 0 Å². The maximum Gasteiger partial charge on any atom is 0.226 e. The van der Waals surface area contributed by atoms with Crippen molar-refractivity contribution in [2.75, 3.05) is 56.7 Å². The zero-order chi connectivity index (χ0) is 15.9. The van der Waals surface area contributed by atoms with Crippen LogP contribution in [0.15, 0.2) is 18.2 Å². The Labute approximate surface area is 137 Å². The average Bonchev–Trinajstić information content (AvgIpc) is 2.53. The number of nitrogens with zero attached hydrogens (tertiary/aromatic N) is 2. The normalized spacial score (nSPS) is 15.9. The van der Waals surface area contributed by atoms with Gasteiger partial charge in [0, 0.05) is 38.3 Å². The fourth-order valence-corrected chi connectivity index (χ4v) is 2.77. The van der Waals surface area contributed by atoms with Crippen LogP contribution in [0.4, 0.5) is 11.4 Å². The van der Waals surface area contributed by atoms with Crippen molar-refractivity contribution in [2.45, 2.75) is 13.3 Å². The number of carbonyl (C=O) groups is 1. The molecule has 1 fully saturated rings. The minimum Gasteiger partial charge on any atom is -0.384 e. The summed E-state index contributed by atoms with van der Waals surface area (Å²) in [7, 11) is 1.59. The van der Waals surface area contributed by atoms with Crippen LogP contribution >= 0.6 is 11.6 Å². The molecule has 0 aliphatic carbocycles. The first kappa shape index (κ1) is 17.1. The quantitative estimate of drug-likeness (QED) is 0.872. The second-order valence-corrected chi connectivity index (χ2v) is 5.81. The van der Waals surface area contributed by atoms with E-state index in [4.69, 9.17) is 16.3 Å². The van der Waals surface area contributed by atoms with E-state index in [1.807, 2.05) is 18.2 Å². The molecule has 122 valence electrons. The number of carbonyl (C=O) groups excluding carboxylic acids is 1. The van der Waals surface area contributed by atoms with E-state index >= 15 is 0 Å². The molecule has 5 nitrogen and oxygen atoms in total. The molecule has 1 amide bonds. The lowest BCUT2D eigenvalue weighted by Crippen LogP contribution is -2.46. The van der Waals surface area contributed by atoms with Crippen molar-refractivity contribution < 1.29 is 9.53 Å². The highest BCUT2D eigenvalue weighted by Gasteiger charge is 2.19. The van der Waals surface area contributed by atoms with E-state index in [9.17, 15) is 4.79 Å². The molecule has 1 N–H and O–H groups in total. The minimum atomic E-state index is -0.0578. The molecule has 0 spiro atoms. The Morgan fingerprint density at radius 1 is 1.32 bits per heavy atom. The van der Waals surface area contributed by atoms with Crippen molar-refractivity contribution in [1.29, 1.82) is 0 Å². The first-order valence-corrected chi connectivity index (χ1v) is 8.07. The number of halogens is 1. The van der Waals surface area contributed by atoms with Crippen LogP contribution in [0.25, 0.3) is 0 Å². The average molecular weight is 326 g/mol. The van der Waals surface area contributed by atoms with E-state index in [0.29, 0.717) is 18.1 Å². The van der Waals surface area contributed by atoms with Crippen molar-refractivity contribution in [3.8, 4) is 0 Å². The summed E-state index contributed by atoms with van der Waals surface area (Å²) in [5.74, 6) is -0.0578. The van der Waals surface area contributed by atoms with Gasteiger partial charge in [-0.3, -0.25) is 4.79 Å². The first-order valence-electron chi connectivity index (χ1n) is 7.69. The molecule has 0 radical (unpaired) electrons. The van der Waals surface area contributed by atoms with Gasteiger partial charge in [0.2, 0.25) is 5.91 Å². The predicted molar refractivity (Wildman–Crippen MR) is 90.9 cm³/mol. The lowest BCUT2D eigenvalue weighted by molar-refractivity contribution is -0.117.